The van der Waals surface area contributed by atoms with E-state index in [-0.39, 0.29) is 5.54 Å². The minimum atomic E-state index is -0.179. The summed E-state index contributed by atoms with van der Waals surface area (Å²) in [6.45, 7) is 4.66. The molecule has 2 aromatic heterocycles. The average Bonchev–Trinajstić information content (AvgIpc) is 2.78. The molecule has 7 nitrogen and oxygen atoms in total. The molecule has 16 heavy (non-hydrogen) atoms. The smallest absolute Gasteiger partial charge is 0.199 e. The average molecular weight is 221 g/mol. The monoisotopic (exact) mass is 221 g/mol. The highest BCUT2D eigenvalue weighted by Crippen LogP contribution is 2.16. The second-order valence-electron chi connectivity index (χ2n) is 3.98. The van der Waals surface area contributed by atoms with Gasteiger partial charge < -0.3 is 11.1 Å². The van der Waals surface area contributed by atoms with Gasteiger partial charge in [-0.1, -0.05) is 6.92 Å². The molecule has 0 aliphatic rings. The summed E-state index contributed by atoms with van der Waals surface area (Å²) in [7, 11) is 0. The number of rotatable bonds is 4. The second kappa shape index (κ2) is 4.01. The van der Waals surface area contributed by atoms with Crippen LogP contribution in [0.3, 0.4) is 0 Å². The van der Waals surface area contributed by atoms with Gasteiger partial charge in [0.2, 0.25) is 0 Å². The molecule has 0 amide bonds. The Labute approximate surface area is 93.0 Å². The van der Waals surface area contributed by atoms with Crippen LogP contribution in [0.5, 0.6) is 0 Å². The summed E-state index contributed by atoms with van der Waals surface area (Å²) in [5, 5.41) is 14.6. The van der Waals surface area contributed by atoms with E-state index in [1.54, 1.807) is 16.9 Å². The van der Waals surface area contributed by atoms with Crippen LogP contribution in [0, 0.1) is 0 Å². The largest absolute Gasteiger partial charge is 0.362 e. The van der Waals surface area contributed by atoms with E-state index in [4.69, 9.17) is 5.73 Å². The van der Waals surface area contributed by atoms with Gasteiger partial charge in [-0.3, -0.25) is 4.98 Å². The van der Waals surface area contributed by atoms with E-state index in [9.17, 15) is 0 Å². The van der Waals surface area contributed by atoms with Gasteiger partial charge in [-0.25, -0.2) is 0 Å². The number of tetrazole rings is 1. The summed E-state index contributed by atoms with van der Waals surface area (Å²) in [5.74, 6) is 0.748. The number of hydrogen-bond donors (Lipinski definition) is 2. The van der Waals surface area contributed by atoms with Crippen LogP contribution in [0.25, 0.3) is 5.65 Å². The highest BCUT2D eigenvalue weighted by atomic mass is 15.5. The number of aromatic nitrogens is 5. The first-order chi connectivity index (χ1) is 7.68. The molecule has 2 aromatic rings. The third-order valence-corrected chi connectivity index (χ3v) is 2.77. The molecule has 2 heterocycles. The molecule has 0 fully saturated rings. The van der Waals surface area contributed by atoms with E-state index >= 15 is 0 Å². The maximum atomic E-state index is 5.74. The SMILES string of the molecule is CCC(C)(CN)Nc1cncc2nnnn12. The zero-order valence-electron chi connectivity index (χ0n) is 9.38. The molecule has 7 heteroatoms. The van der Waals surface area contributed by atoms with E-state index in [0.717, 1.165) is 12.2 Å². The molecule has 0 radical (unpaired) electrons. The number of nitrogens with one attached hydrogen (secondary N) is 1. The zero-order chi connectivity index (χ0) is 11.6. The first-order valence-electron chi connectivity index (χ1n) is 5.19. The van der Waals surface area contributed by atoms with Gasteiger partial charge in [-0.2, -0.15) is 4.52 Å². The predicted molar refractivity (Wildman–Crippen MR) is 60.0 cm³/mol. The fourth-order valence-electron chi connectivity index (χ4n) is 1.35. The third-order valence-electron chi connectivity index (χ3n) is 2.77. The Morgan fingerprint density at radius 2 is 2.31 bits per heavy atom. The summed E-state index contributed by atoms with van der Waals surface area (Å²) in [6.07, 6.45) is 4.20. The molecular formula is C9H15N7. The van der Waals surface area contributed by atoms with E-state index in [0.29, 0.717) is 12.2 Å². The number of nitrogens with two attached hydrogens (primary N) is 1. The Balaban J connectivity index is 2.37. The standard InChI is InChI=1S/C9H15N7/c1-3-9(2,6-10)12-7-4-11-5-8-13-14-15-16(7)8/h4-5,12H,3,6,10H2,1-2H3. The number of hydrogen-bond acceptors (Lipinski definition) is 6. The van der Waals surface area contributed by atoms with Crippen LogP contribution in [-0.2, 0) is 0 Å². The fraction of sp³-hybridized carbons (Fsp3) is 0.556. The van der Waals surface area contributed by atoms with Gasteiger partial charge in [0.25, 0.3) is 0 Å². The van der Waals surface area contributed by atoms with E-state index in [1.165, 1.54) is 0 Å². The van der Waals surface area contributed by atoms with Crippen molar-refractivity contribution in [2.24, 2.45) is 5.73 Å². The first kappa shape index (κ1) is 10.7. The molecule has 0 saturated carbocycles. The van der Waals surface area contributed by atoms with Crippen LogP contribution < -0.4 is 11.1 Å². The van der Waals surface area contributed by atoms with Crippen LogP contribution in [0.15, 0.2) is 12.4 Å². The predicted octanol–water partition coefficient (Wildman–Crippen LogP) is 0.0586. The maximum absolute atomic E-state index is 5.74. The van der Waals surface area contributed by atoms with Gasteiger partial charge in [0.15, 0.2) is 11.5 Å². The van der Waals surface area contributed by atoms with Crippen molar-refractivity contribution in [1.29, 1.82) is 0 Å². The maximum Gasteiger partial charge on any atom is 0.199 e. The lowest BCUT2D eigenvalue weighted by Gasteiger charge is -2.28. The Hall–Kier alpha value is -1.76. The summed E-state index contributed by atoms with van der Waals surface area (Å²) >= 11 is 0. The normalized spacial score (nSPS) is 14.9. The van der Waals surface area contributed by atoms with Crippen LogP contribution in [0.4, 0.5) is 5.82 Å². The van der Waals surface area contributed by atoms with Gasteiger partial charge in [0, 0.05) is 12.1 Å². The van der Waals surface area contributed by atoms with Gasteiger partial charge in [0.05, 0.1) is 12.4 Å². The van der Waals surface area contributed by atoms with Crippen molar-refractivity contribution in [3.8, 4) is 0 Å². The molecule has 1 atom stereocenters. The molecule has 0 aliphatic carbocycles. The summed E-state index contributed by atoms with van der Waals surface area (Å²) < 4.78 is 1.61. The Morgan fingerprint density at radius 1 is 1.50 bits per heavy atom. The van der Waals surface area contributed by atoms with Gasteiger partial charge in [-0.05, 0) is 23.8 Å². The quantitative estimate of drug-likeness (QED) is 0.758. The summed E-state index contributed by atoms with van der Waals surface area (Å²) in [4.78, 5) is 4.07. The highest BCUT2D eigenvalue weighted by molar-refractivity contribution is 5.45. The summed E-state index contributed by atoms with van der Waals surface area (Å²) in [5.41, 5.74) is 6.17. The van der Waals surface area contributed by atoms with Crippen molar-refractivity contribution in [3.63, 3.8) is 0 Å². The fourth-order valence-corrected chi connectivity index (χ4v) is 1.35. The first-order valence-corrected chi connectivity index (χ1v) is 5.19. The Kier molecular flexibility index (Phi) is 2.69. The third kappa shape index (κ3) is 1.81. The lowest BCUT2D eigenvalue weighted by molar-refractivity contribution is 0.502. The number of nitrogens with zero attached hydrogens (tertiary/aromatic N) is 5. The molecule has 0 saturated heterocycles. The van der Waals surface area contributed by atoms with Crippen LogP contribution in [0.1, 0.15) is 20.3 Å². The molecule has 3 N–H and O–H groups in total. The Bertz CT molecular complexity index is 473. The molecule has 0 aromatic carbocycles. The van der Waals surface area contributed by atoms with E-state index < -0.39 is 0 Å². The van der Waals surface area contributed by atoms with Crippen molar-refractivity contribution < 1.29 is 0 Å². The van der Waals surface area contributed by atoms with Crippen LogP contribution >= 0.6 is 0 Å². The number of fused-ring (bicyclic) bond motifs is 1. The van der Waals surface area contributed by atoms with Gasteiger partial charge >= 0.3 is 0 Å². The minimum absolute atomic E-state index is 0.179. The molecular weight excluding hydrogens is 206 g/mol. The lowest BCUT2D eigenvalue weighted by Crippen LogP contribution is -2.42. The topological polar surface area (TPSA) is 94.0 Å². The minimum Gasteiger partial charge on any atom is -0.362 e. The van der Waals surface area contributed by atoms with Crippen molar-refractivity contribution in [3.05, 3.63) is 12.4 Å². The zero-order valence-corrected chi connectivity index (χ0v) is 9.38. The van der Waals surface area contributed by atoms with Crippen LogP contribution in [0.2, 0.25) is 0 Å². The van der Waals surface area contributed by atoms with Crippen molar-refractivity contribution >= 4 is 11.5 Å². The molecule has 0 aliphatic heterocycles. The molecule has 0 bridgehead atoms. The van der Waals surface area contributed by atoms with E-state index in [2.05, 4.69) is 39.7 Å². The van der Waals surface area contributed by atoms with Crippen molar-refractivity contribution in [2.45, 2.75) is 25.8 Å². The van der Waals surface area contributed by atoms with Crippen molar-refractivity contribution in [2.75, 3.05) is 11.9 Å². The second-order valence-corrected chi connectivity index (χ2v) is 3.98. The highest BCUT2D eigenvalue weighted by Gasteiger charge is 2.21. The summed E-state index contributed by atoms with van der Waals surface area (Å²) in [6, 6.07) is 0. The van der Waals surface area contributed by atoms with Crippen molar-refractivity contribution in [1.82, 2.24) is 25.0 Å². The molecule has 1 unspecified atom stereocenters. The number of anilines is 1. The van der Waals surface area contributed by atoms with Gasteiger partial charge in [-0.15, -0.1) is 5.10 Å². The molecule has 0 spiro atoms. The van der Waals surface area contributed by atoms with Gasteiger partial charge in [0.1, 0.15) is 0 Å². The molecule has 2 rings (SSSR count). The van der Waals surface area contributed by atoms with Crippen LogP contribution in [-0.4, -0.2) is 37.1 Å². The lowest BCUT2D eigenvalue weighted by atomic mass is 9.99. The van der Waals surface area contributed by atoms with E-state index in [1.807, 2.05) is 0 Å². The Morgan fingerprint density at radius 3 is 3.00 bits per heavy atom. The molecule has 86 valence electrons.